The van der Waals surface area contributed by atoms with Gasteiger partial charge in [0.15, 0.2) is 17.5 Å². The summed E-state index contributed by atoms with van der Waals surface area (Å²) < 4.78 is 12.9. The van der Waals surface area contributed by atoms with Crippen molar-refractivity contribution in [3.8, 4) is 0 Å². The summed E-state index contributed by atoms with van der Waals surface area (Å²) in [4.78, 5) is 16.4. The van der Waals surface area contributed by atoms with Crippen molar-refractivity contribution in [2.45, 2.75) is 25.8 Å². The van der Waals surface area contributed by atoms with Crippen molar-refractivity contribution in [1.82, 2.24) is 30.1 Å². The predicted molar refractivity (Wildman–Crippen MR) is 102 cm³/mol. The lowest BCUT2D eigenvalue weighted by Gasteiger charge is -2.13. The summed E-state index contributed by atoms with van der Waals surface area (Å²) in [5.74, 6) is 1.81. The van der Waals surface area contributed by atoms with Crippen LogP contribution in [0.15, 0.2) is 24.7 Å². The minimum Gasteiger partial charge on any atom is -0.344 e. The van der Waals surface area contributed by atoms with Crippen LogP contribution >= 0.6 is 23.2 Å². The van der Waals surface area contributed by atoms with Gasteiger partial charge in [-0.1, -0.05) is 11.6 Å². The second-order valence-corrected chi connectivity index (χ2v) is 6.50. The largest absolute Gasteiger partial charge is 0.344 e. The smallest absolute Gasteiger partial charge is 0.225 e. The Labute approximate surface area is 165 Å². The second-order valence-electron chi connectivity index (χ2n) is 5.71. The van der Waals surface area contributed by atoms with Gasteiger partial charge in [0.1, 0.15) is 10.8 Å². The van der Waals surface area contributed by atoms with Gasteiger partial charge in [-0.05, 0) is 19.8 Å². The van der Waals surface area contributed by atoms with Gasteiger partial charge in [-0.2, -0.15) is 10.1 Å². The van der Waals surface area contributed by atoms with Crippen molar-refractivity contribution in [2.24, 2.45) is 0 Å². The lowest BCUT2D eigenvalue weighted by molar-refractivity contribution is 0.604. The van der Waals surface area contributed by atoms with Crippen LogP contribution in [-0.4, -0.2) is 36.0 Å². The number of alkyl halides is 1. The maximum absolute atomic E-state index is 12.9. The van der Waals surface area contributed by atoms with E-state index < -0.39 is 5.82 Å². The molecule has 142 valence electrons. The van der Waals surface area contributed by atoms with Crippen LogP contribution in [0.1, 0.15) is 30.9 Å². The third kappa shape index (κ3) is 5.24. The van der Waals surface area contributed by atoms with Crippen LogP contribution in [0, 0.1) is 5.82 Å². The quantitative estimate of drug-likeness (QED) is 0.484. The number of nitrogens with one attached hydrogen (secondary N) is 3. The third-order valence-corrected chi connectivity index (χ3v) is 4.12. The number of aryl methyl sites for hydroxylation is 1. The Kier molecular flexibility index (Phi) is 6.36. The van der Waals surface area contributed by atoms with Crippen LogP contribution in [-0.2, 0) is 6.42 Å². The zero-order valence-corrected chi connectivity index (χ0v) is 15.9. The predicted octanol–water partition coefficient (Wildman–Crippen LogP) is 3.87. The highest BCUT2D eigenvalue weighted by molar-refractivity contribution is 6.32. The van der Waals surface area contributed by atoms with Crippen LogP contribution in [0.4, 0.5) is 22.0 Å². The molecule has 3 N–H and O–H groups in total. The van der Waals surface area contributed by atoms with Gasteiger partial charge in [-0.15, -0.1) is 11.6 Å². The molecule has 0 spiro atoms. The van der Waals surface area contributed by atoms with E-state index in [1.807, 2.05) is 13.0 Å². The Balaban J connectivity index is 1.70. The Morgan fingerprint density at radius 1 is 1.22 bits per heavy atom. The Bertz CT molecular complexity index is 886. The van der Waals surface area contributed by atoms with Crippen molar-refractivity contribution < 1.29 is 4.39 Å². The maximum atomic E-state index is 12.9. The van der Waals surface area contributed by atoms with Gasteiger partial charge < -0.3 is 10.6 Å². The summed E-state index contributed by atoms with van der Waals surface area (Å²) in [5.41, 5.74) is 0.962. The second kappa shape index (κ2) is 8.92. The molecule has 0 saturated heterocycles. The highest BCUT2D eigenvalue weighted by Gasteiger charge is 2.13. The molecule has 3 aromatic heterocycles. The van der Waals surface area contributed by atoms with E-state index in [0.29, 0.717) is 34.3 Å². The maximum Gasteiger partial charge on any atom is 0.225 e. The first-order valence-corrected chi connectivity index (χ1v) is 9.10. The molecule has 0 radical (unpaired) electrons. The highest BCUT2D eigenvalue weighted by Crippen LogP contribution is 2.24. The Morgan fingerprint density at radius 2 is 2.00 bits per heavy atom. The fourth-order valence-corrected chi connectivity index (χ4v) is 2.53. The van der Waals surface area contributed by atoms with Crippen molar-refractivity contribution >= 4 is 40.8 Å². The van der Waals surface area contributed by atoms with Gasteiger partial charge in [0.2, 0.25) is 5.95 Å². The number of rotatable bonds is 8. The molecule has 8 nitrogen and oxygen atoms in total. The van der Waals surface area contributed by atoms with Gasteiger partial charge >= 0.3 is 0 Å². The number of hydrogen-bond donors (Lipinski definition) is 3. The molecule has 3 rings (SSSR count). The highest BCUT2D eigenvalue weighted by atomic mass is 35.5. The van der Waals surface area contributed by atoms with E-state index in [1.165, 1.54) is 6.20 Å². The minimum absolute atomic E-state index is 0.320. The number of hydrogen-bond acceptors (Lipinski definition) is 7. The fraction of sp³-hybridized carbons (Fsp3) is 0.312. The van der Waals surface area contributed by atoms with Gasteiger partial charge in [0, 0.05) is 17.6 Å². The molecule has 0 aromatic carbocycles. The lowest BCUT2D eigenvalue weighted by Crippen LogP contribution is -2.13. The van der Waals surface area contributed by atoms with E-state index >= 15 is 0 Å². The van der Waals surface area contributed by atoms with Crippen LogP contribution in [0.25, 0.3) is 0 Å². The van der Waals surface area contributed by atoms with Gasteiger partial charge in [0.25, 0.3) is 0 Å². The SMILES string of the molecule is C[C@H](Nc1ncc(Cl)c(Nc2cc(CCCCl)[nH]n2)n1)c1ncc(F)cn1. The first kappa shape index (κ1) is 19.2. The number of aromatic amines is 1. The molecule has 0 amide bonds. The molecule has 27 heavy (non-hydrogen) atoms. The van der Waals surface area contributed by atoms with Crippen molar-refractivity contribution in [2.75, 3.05) is 16.5 Å². The number of anilines is 3. The lowest BCUT2D eigenvalue weighted by atomic mass is 10.2. The minimum atomic E-state index is -0.496. The number of nitrogens with zero attached hydrogens (tertiary/aromatic N) is 5. The Morgan fingerprint density at radius 3 is 2.74 bits per heavy atom. The van der Waals surface area contributed by atoms with E-state index in [2.05, 4.69) is 40.8 Å². The number of halogens is 3. The molecule has 0 aliphatic rings. The summed E-state index contributed by atoms with van der Waals surface area (Å²) >= 11 is 11.9. The van der Waals surface area contributed by atoms with E-state index in [-0.39, 0.29) is 6.04 Å². The normalized spacial score (nSPS) is 12.0. The van der Waals surface area contributed by atoms with Crippen LogP contribution in [0.3, 0.4) is 0 Å². The third-order valence-electron chi connectivity index (χ3n) is 3.57. The molecular weight excluding hydrogens is 394 g/mol. The zero-order chi connectivity index (χ0) is 19.2. The van der Waals surface area contributed by atoms with Gasteiger partial charge in [0.05, 0.1) is 24.6 Å². The van der Waals surface area contributed by atoms with Gasteiger partial charge in [-0.25, -0.2) is 19.3 Å². The standard InChI is InChI=1S/C16H17Cl2FN8/c1-9(14-20-6-10(19)7-21-14)23-16-22-8-12(18)15(25-16)24-13-5-11(26-27-13)3-2-4-17/h5-9H,2-4H2,1H3,(H3,22,23,24,25,26,27)/t9-/m0/s1. The Hall–Kier alpha value is -2.52. The molecule has 3 aromatic rings. The fourth-order valence-electron chi connectivity index (χ4n) is 2.26. The summed E-state index contributed by atoms with van der Waals surface area (Å²) in [7, 11) is 0. The summed E-state index contributed by atoms with van der Waals surface area (Å²) in [5, 5.41) is 13.6. The summed E-state index contributed by atoms with van der Waals surface area (Å²) in [6, 6.07) is 1.54. The number of aromatic nitrogens is 6. The number of H-pyrrole nitrogens is 1. The zero-order valence-electron chi connectivity index (χ0n) is 14.4. The van der Waals surface area contributed by atoms with Crippen molar-refractivity contribution in [3.63, 3.8) is 0 Å². The first-order valence-electron chi connectivity index (χ1n) is 8.19. The van der Waals surface area contributed by atoms with Crippen molar-refractivity contribution in [1.29, 1.82) is 0 Å². The summed E-state index contributed by atoms with van der Waals surface area (Å²) in [6.07, 6.45) is 5.34. The molecule has 11 heteroatoms. The van der Waals surface area contributed by atoms with Crippen LogP contribution in [0.2, 0.25) is 5.02 Å². The topological polar surface area (TPSA) is 104 Å². The molecule has 0 aliphatic heterocycles. The van der Waals surface area contributed by atoms with Crippen molar-refractivity contribution in [3.05, 3.63) is 47.0 Å². The monoisotopic (exact) mass is 410 g/mol. The first-order chi connectivity index (χ1) is 13.0. The molecular formula is C16H17Cl2FN8. The van der Waals surface area contributed by atoms with E-state index in [1.54, 1.807) is 0 Å². The molecule has 0 fully saturated rings. The molecule has 0 saturated carbocycles. The van der Waals surface area contributed by atoms with Gasteiger partial charge in [-0.3, -0.25) is 5.10 Å². The molecule has 1 atom stereocenters. The van der Waals surface area contributed by atoms with Crippen LogP contribution in [0.5, 0.6) is 0 Å². The molecule has 0 bridgehead atoms. The average Bonchev–Trinajstić information content (AvgIpc) is 3.10. The average molecular weight is 411 g/mol. The molecule has 3 heterocycles. The molecule has 0 aliphatic carbocycles. The van der Waals surface area contributed by atoms with Crippen LogP contribution < -0.4 is 10.6 Å². The molecule has 0 unspecified atom stereocenters. The van der Waals surface area contributed by atoms with E-state index in [4.69, 9.17) is 23.2 Å². The summed E-state index contributed by atoms with van der Waals surface area (Å²) in [6.45, 7) is 1.81. The van der Waals surface area contributed by atoms with E-state index in [0.717, 1.165) is 30.9 Å². The van der Waals surface area contributed by atoms with E-state index in [9.17, 15) is 4.39 Å².